The lowest BCUT2D eigenvalue weighted by molar-refractivity contribution is -0.120. The molecule has 0 saturated carbocycles. The molecule has 0 unspecified atom stereocenters. The van der Waals surface area contributed by atoms with Crippen LogP contribution in [0.3, 0.4) is 0 Å². The minimum absolute atomic E-state index is 0.121. The van der Waals surface area contributed by atoms with E-state index < -0.39 is 21.8 Å². The highest BCUT2D eigenvalue weighted by atomic mass is 32.2. The lowest BCUT2D eigenvalue weighted by Gasteiger charge is -2.31. The molecule has 1 heterocycles. The van der Waals surface area contributed by atoms with E-state index in [1.54, 1.807) is 37.3 Å². The van der Waals surface area contributed by atoms with Gasteiger partial charge in [-0.3, -0.25) is 4.79 Å². The second-order valence-electron chi connectivity index (χ2n) is 6.96. The molecule has 5 nitrogen and oxygen atoms in total. The van der Waals surface area contributed by atoms with Gasteiger partial charge in [-0.05, 0) is 56.5 Å². The fraction of sp³-hybridized carbons (Fsp3) is 0.350. The highest BCUT2D eigenvalue weighted by Gasteiger charge is 2.33. The Bertz CT molecular complexity index is 942. The van der Waals surface area contributed by atoms with Gasteiger partial charge in [0.25, 0.3) is 0 Å². The minimum atomic E-state index is -3.64. The molecule has 3 rings (SSSR count). The Morgan fingerprint density at radius 2 is 1.85 bits per heavy atom. The van der Waals surface area contributed by atoms with Gasteiger partial charge in [-0.2, -0.15) is 4.31 Å². The Morgan fingerprint density at radius 1 is 1.15 bits per heavy atom. The number of hydrogen-bond donors (Lipinski definition) is 1. The maximum atomic E-state index is 13.4. The van der Waals surface area contributed by atoms with E-state index in [4.69, 9.17) is 0 Å². The molecule has 1 amide bonds. The van der Waals surface area contributed by atoms with Crippen LogP contribution < -0.4 is 5.32 Å². The second-order valence-corrected chi connectivity index (χ2v) is 8.90. The van der Waals surface area contributed by atoms with Gasteiger partial charge in [0.15, 0.2) is 0 Å². The maximum absolute atomic E-state index is 13.4. The highest BCUT2D eigenvalue weighted by Crippen LogP contribution is 2.25. The first-order chi connectivity index (χ1) is 12.8. The van der Waals surface area contributed by atoms with Crippen molar-refractivity contribution in [1.82, 2.24) is 4.31 Å². The summed E-state index contributed by atoms with van der Waals surface area (Å²) in [6, 6.07) is 10.9. The van der Waals surface area contributed by atoms with Crippen molar-refractivity contribution < 1.29 is 17.6 Å². The molecule has 1 N–H and O–H groups in total. The van der Waals surface area contributed by atoms with Crippen LogP contribution in [0, 0.1) is 25.6 Å². The van der Waals surface area contributed by atoms with Crippen LogP contribution in [0.25, 0.3) is 0 Å². The number of benzene rings is 2. The number of piperidine rings is 1. The minimum Gasteiger partial charge on any atom is -0.325 e. The molecular weight excluding hydrogens is 367 g/mol. The van der Waals surface area contributed by atoms with E-state index >= 15 is 0 Å². The average molecular weight is 390 g/mol. The SMILES string of the molecule is Cc1ccc(S(=O)(=O)N2CCC[C@@H](C(=O)Nc3cc(F)ccc3C)C2)cc1. The number of carbonyl (C=O) groups excluding carboxylic acids is 1. The van der Waals surface area contributed by atoms with Crippen LogP contribution in [0.2, 0.25) is 0 Å². The molecule has 1 aliphatic rings. The Morgan fingerprint density at radius 3 is 2.56 bits per heavy atom. The van der Waals surface area contributed by atoms with E-state index in [0.29, 0.717) is 25.1 Å². The summed E-state index contributed by atoms with van der Waals surface area (Å²) >= 11 is 0. The first-order valence-corrected chi connectivity index (χ1v) is 10.4. The molecule has 0 aliphatic carbocycles. The Balaban J connectivity index is 1.74. The van der Waals surface area contributed by atoms with Crippen LogP contribution in [0.1, 0.15) is 24.0 Å². The molecule has 1 atom stereocenters. The molecular formula is C20H23FN2O3S. The molecule has 1 saturated heterocycles. The predicted molar refractivity (Wildman–Crippen MR) is 102 cm³/mol. The van der Waals surface area contributed by atoms with Gasteiger partial charge in [0.05, 0.1) is 10.8 Å². The summed E-state index contributed by atoms with van der Waals surface area (Å²) in [6.07, 6.45) is 1.20. The summed E-state index contributed by atoms with van der Waals surface area (Å²) in [6.45, 7) is 4.19. The van der Waals surface area contributed by atoms with Gasteiger partial charge in [0.1, 0.15) is 5.82 Å². The topological polar surface area (TPSA) is 66.5 Å². The van der Waals surface area contributed by atoms with Crippen molar-refractivity contribution in [2.75, 3.05) is 18.4 Å². The number of hydrogen-bond acceptors (Lipinski definition) is 3. The van der Waals surface area contributed by atoms with Crippen LogP contribution in [-0.2, 0) is 14.8 Å². The number of anilines is 1. The number of nitrogens with zero attached hydrogens (tertiary/aromatic N) is 1. The smallest absolute Gasteiger partial charge is 0.243 e. The number of aryl methyl sites for hydroxylation is 2. The average Bonchev–Trinajstić information content (AvgIpc) is 2.65. The van der Waals surface area contributed by atoms with Crippen LogP contribution in [-0.4, -0.2) is 31.7 Å². The van der Waals surface area contributed by atoms with Crippen LogP contribution in [0.4, 0.5) is 10.1 Å². The van der Waals surface area contributed by atoms with Crippen molar-refractivity contribution in [3.8, 4) is 0 Å². The molecule has 2 aromatic carbocycles. The molecule has 7 heteroatoms. The van der Waals surface area contributed by atoms with Gasteiger partial charge >= 0.3 is 0 Å². The largest absolute Gasteiger partial charge is 0.325 e. The number of carbonyl (C=O) groups is 1. The standard InChI is InChI=1S/C20H23FN2O3S/c1-14-5-9-18(10-6-14)27(25,26)23-11-3-4-16(13-23)20(24)22-19-12-17(21)8-7-15(19)2/h5-10,12,16H,3-4,11,13H2,1-2H3,(H,22,24)/t16-/m1/s1. The summed E-state index contributed by atoms with van der Waals surface area (Å²) in [4.78, 5) is 12.9. The Kier molecular flexibility index (Phi) is 5.62. The predicted octanol–water partition coefficient (Wildman–Crippen LogP) is 3.48. The van der Waals surface area contributed by atoms with Crippen LogP contribution >= 0.6 is 0 Å². The van der Waals surface area contributed by atoms with Crippen molar-refractivity contribution in [1.29, 1.82) is 0 Å². The zero-order chi connectivity index (χ0) is 19.6. The third-order valence-corrected chi connectivity index (χ3v) is 6.75. The van der Waals surface area contributed by atoms with E-state index in [9.17, 15) is 17.6 Å². The van der Waals surface area contributed by atoms with Gasteiger partial charge in [-0.15, -0.1) is 0 Å². The van der Waals surface area contributed by atoms with E-state index in [-0.39, 0.29) is 17.3 Å². The monoisotopic (exact) mass is 390 g/mol. The van der Waals surface area contributed by atoms with E-state index in [0.717, 1.165) is 11.1 Å². The molecule has 0 radical (unpaired) electrons. The van der Waals surface area contributed by atoms with Gasteiger partial charge in [0, 0.05) is 18.8 Å². The number of nitrogens with one attached hydrogen (secondary N) is 1. The fourth-order valence-electron chi connectivity index (χ4n) is 3.20. The first-order valence-electron chi connectivity index (χ1n) is 8.91. The van der Waals surface area contributed by atoms with Crippen molar-refractivity contribution in [2.45, 2.75) is 31.6 Å². The molecule has 2 aromatic rings. The zero-order valence-electron chi connectivity index (χ0n) is 15.4. The molecule has 0 spiro atoms. The molecule has 0 bridgehead atoms. The van der Waals surface area contributed by atoms with Crippen molar-refractivity contribution in [2.24, 2.45) is 5.92 Å². The van der Waals surface area contributed by atoms with Crippen LogP contribution in [0.5, 0.6) is 0 Å². The first kappa shape index (κ1) is 19.5. The van der Waals surface area contributed by atoms with Crippen LogP contribution in [0.15, 0.2) is 47.4 Å². The molecule has 1 fully saturated rings. The third kappa shape index (κ3) is 4.36. The molecule has 0 aromatic heterocycles. The zero-order valence-corrected chi connectivity index (χ0v) is 16.2. The normalized spacial score (nSPS) is 18.3. The summed E-state index contributed by atoms with van der Waals surface area (Å²) in [5, 5.41) is 2.74. The number of halogens is 1. The van der Waals surface area contributed by atoms with E-state index in [1.807, 2.05) is 6.92 Å². The van der Waals surface area contributed by atoms with Gasteiger partial charge in [-0.1, -0.05) is 23.8 Å². The Hall–Kier alpha value is -2.25. The van der Waals surface area contributed by atoms with Gasteiger partial charge in [-0.25, -0.2) is 12.8 Å². The molecule has 27 heavy (non-hydrogen) atoms. The van der Waals surface area contributed by atoms with Crippen molar-refractivity contribution >= 4 is 21.6 Å². The third-order valence-electron chi connectivity index (χ3n) is 4.87. The molecule has 1 aliphatic heterocycles. The lowest BCUT2D eigenvalue weighted by atomic mass is 9.98. The second kappa shape index (κ2) is 7.78. The lowest BCUT2D eigenvalue weighted by Crippen LogP contribution is -2.43. The van der Waals surface area contributed by atoms with Gasteiger partial charge in [0.2, 0.25) is 15.9 Å². The quantitative estimate of drug-likeness (QED) is 0.869. The Labute approximate surface area is 159 Å². The highest BCUT2D eigenvalue weighted by molar-refractivity contribution is 7.89. The summed E-state index contributed by atoms with van der Waals surface area (Å²) in [5.41, 5.74) is 2.15. The summed E-state index contributed by atoms with van der Waals surface area (Å²) in [7, 11) is -3.64. The molecule has 144 valence electrons. The number of rotatable bonds is 4. The fourth-order valence-corrected chi connectivity index (χ4v) is 4.72. The maximum Gasteiger partial charge on any atom is 0.243 e. The summed E-state index contributed by atoms with van der Waals surface area (Å²) < 4.78 is 40.5. The summed E-state index contributed by atoms with van der Waals surface area (Å²) in [5.74, 6) is -1.18. The van der Waals surface area contributed by atoms with Gasteiger partial charge < -0.3 is 5.32 Å². The van der Waals surface area contributed by atoms with E-state index in [2.05, 4.69) is 5.32 Å². The number of sulfonamides is 1. The van der Waals surface area contributed by atoms with Crippen molar-refractivity contribution in [3.05, 3.63) is 59.4 Å². The number of amides is 1. The van der Waals surface area contributed by atoms with Crippen molar-refractivity contribution in [3.63, 3.8) is 0 Å². The van der Waals surface area contributed by atoms with E-state index in [1.165, 1.54) is 16.4 Å².